The lowest BCUT2D eigenvalue weighted by molar-refractivity contribution is 0.0501. The third kappa shape index (κ3) is 3.56. The van der Waals surface area contributed by atoms with E-state index in [4.69, 9.17) is 0 Å². The Labute approximate surface area is 137 Å². The molecule has 0 aliphatic heterocycles. The van der Waals surface area contributed by atoms with E-state index in [1.54, 1.807) is 12.1 Å². The maximum absolute atomic E-state index is 13.1. The maximum atomic E-state index is 13.1. The van der Waals surface area contributed by atoms with Gasteiger partial charge in [-0.15, -0.1) is 5.10 Å². The first-order valence-corrected chi connectivity index (χ1v) is 8.34. The molecule has 0 saturated heterocycles. The minimum atomic E-state index is -0.479. The zero-order valence-electron chi connectivity index (χ0n) is 12.5. The van der Waals surface area contributed by atoms with Gasteiger partial charge in [0.2, 0.25) is 0 Å². The Morgan fingerprint density at radius 1 is 1.43 bits per heavy atom. The van der Waals surface area contributed by atoms with E-state index in [0.717, 1.165) is 36.4 Å². The fraction of sp³-hybridized carbons (Fsp3) is 0.438. The molecule has 3 rings (SSSR count). The molecule has 2 atom stereocenters. The summed E-state index contributed by atoms with van der Waals surface area (Å²) in [5.74, 6) is -0.502. The minimum Gasteiger partial charge on any atom is -0.392 e. The molecule has 1 heterocycles. The van der Waals surface area contributed by atoms with Gasteiger partial charge >= 0.3 is 0 Å². The van der Waals surface area contributed by atoms with E-state index in [0.29, 0.717) is 17.8 Å². The summed E-state index contributed by atoms with van der Waals surface area (Å²) in [5.41, 5.74) is 0.548. The van der Waals surface area contributed by atoms with Crippen molar-refractivity contribution in [2.75, 3.05) is 6.54 Å². The summed E-state index contributed by atoms with van der Waals surface area (Å²) in [7, 11) is 0. The average Bonchev–Trinajstić information content (AvgIpc) is 3.19. The topological polar surface area (TPSA) is 75.1 Å². The van der Waals surface area contributed by atoms with Crippen molar-refractivity contribution in [1.29, 1.82) is 0 Å². The van der Waals surface area contributed by atoms with Gasteiger partial charge < -0.3 is 10.4 Å². The number of aliphatic hydroxyl groups excluding tert-OH is 1. The molecule has 122 valence electrons. The van der Waals surface area contributed by atoms with Crippen LogP contribution < -0.4 is 5.32 Å². The van der Waals surface area contributed by atoms with Crippen molar-refractivity contribution in [2.24, 2.45) is 5.41 Å². The summed E-state index contributed by atoms with van der Waals surface area (Å²) in [6.45, 7) is 0.377. The van der Waals surface area contributed by atoms with Gasteiger partial charge in [0.1, 0.15) is 10.7 Å². The summed E-state index contributed by atoms with van der Waals surface area (Å²) < 4.78 is 16.7. The second-order valence-electron chi connectivity index (χ2n) is 6.04. The zero-order valence-corrected chi connectivity index (χ0v) is 13.4. The van der Waals surface area contributed by atoms with Gasteiger partial charge in [0.15, 0.2) is 0 Å². The van der Waals surface area contributed by atoms with Crippen molar-refractivity contribution < 1.29 is 14.3 Å². The van der Waals surface area contributed by atoms with Gasteiger partial charge in [-0.2, -0.15) is 0 Å². The molecular formula is C16H18FN3O2S. The Hall–Kier alpha value is -1.86. The zero-order chi connectivity index (χ0) is 16.3. The number of hydrogen-bond donors (Lipinski definition) is 2. The van der Waals surface area contributed by atoms with Gasteiger partial charge in [-0.3, -0.25) is 4.79 Å². The predicted octanol–water partition coefficient (Wildman–Crippen LogP) is 2.18. The van der Waals surface area contributed by atoms with E-state index in [2.05, 4.69) is 14.9 Å². The number of benzene rings is 1. The molecular weight excluding hydrogens is 317 g/mol. The van der Waals surface area contributed by atoms with Crippen molar-refractivity contribution in [3.8, 4) is 0 Å². The van der Waals surface area contributed by atoms with Gasteiger partial charge in [-0.1, -0.05) is 23.0 Å². The van der Waals surface area contributed by atoms with Crippen molar-refractivity contribution in [2.45, 2.75) is 31.8 Å². The summed E-state index contributed by atoms with van der Waals surface area (Å²) in [4.78, 5) is 12.5. The highest BCUT2D eigenvalue weighted by Gasteiger charge is 2.42. The van der Waals surface area contributed by atoms with E-state index in [9.17, 15) is 14.3 Å². The molecule has 0 bridgehead atoms. The van der Waals surface area contributed by atoms with Crippen LogP contribution in [0.3, 0.4) is 0 Å². The van der Waals surface area contributed by atoms with Crippen LogP contribution in [0, 0.1) is 11.2 Å². The summed E-state index contributed by atoms with van der Waals surface area (Å²) in [6.07, 6.45) is 4.02. The van der Waals surface area contributed by atoms with Crippen LogP contribution in [0.2, 0.25) is 0 Å². The monoisotopic (exact) mass is 335 g/mol. The van der Waals surface area contributed by atoms with Crippen molar-refractivity contribution >= 4 is 17.4 Å². The summed E-state index contributed by atoms with van der Waals surface area (Å²) >= 11 is 1.04. The number of amides is 1. The molecule has 1 amide bonds. The third-order valence-corrected chi connectivity index (χ3v) is 5.18. The number of hydrogen-bond acceptors (Lipinski definition) is 5. The molecule has 2 aromatic rings. The number of halogens is 1. The van der Waals surface area contributed by atoms with Crippen molar-refractivity contribution in [1.82, 2.24) is 14.9 Å². The average molecular weight is 335 g/mol. The lowest BCUT2D eigenvalue weighted by Crippen LogP contribution is -2.43. The standard InChI is InChI=1S/C16H18FN3O2S/c17-12-5-3-11(4-6-12)8-16(7-1-2-14(16)21)10-18-15(22)13-9-19-20-23-13/h3-6,9,14,21H,1-2,7-8,10H2,(H,18,22)/t14-,16+/m0/s1. The molecule has 0 spiro atoms. The molecule has 0 unspecified atom stereocenters. The first-order valence-electron chi connectivity index (χ1n) is 7.57. The Kier molecular flexibility index (Phi) is 4.68. The fourth-order valence-electron chi connectivity index (χ4n) is 3.21. The Bertz CT molecular complexity index is 662. The van der Waals surface area contributed by atoms with Gasteiger partial charge in [0, 0.05) is 12.0 Å². The van der Waals surface area contributed by atoms with E-state index in [-0.39, 0.29) is 11.7 Å². The highest BCUT2D eigenvalue weighted by Crippen LogP contribution is 2.41. The van der Waals surface area contributed by atoms with Crippen LogP contribution in [0.1, 0.15) is 34.5 Å². The van der Waals surface area contributed by atoms with Crippen LogP contribution in [-0.4, -0.2) is 33.2 Å². The summed E-state index contributed by atoms with van der Waals surface area (Å²) in [5, 5.41) is 17.0. The van der Waals surface area contributed by atoms with Gasteiger partial charge in [-0.25, -0.2) is 4.39 Å². The van der Waals surface area contributed by atoms with Crippen LogP contribution >= 0.6 is 11.5 Å². The molecule has 23 heavy (non-hydrogen) atoms. The Morgan fingerprint density at radius 3 is 2.83 bits per heavy atom. The minimum absolute atomic E-state index is 0.224. The highest BCUT2D eigenvalue weighted by molar-refractivity contribution is 7.07. The molecule has 1 aliphatic rings. The molecule has 1 aliphatic carbocycles. The molecule has 1 fully saturated rings. The first kappa shape index (κ1) is 16.0. The normalized spacial score (nSPS) is 23.8. The number of aliphatic hydroxyl groups is 1. The number of carbonyl (C=O) groups is 1. The molecule has 1 aromatic heterocycles. The molecule has 2 N–H and O–H groups in total. The van der Waals surface area contributed by atoms with Crippen LogP contribution in [0.25, 0.3) is 0 Å². The number of nitrogens with one attached hydrogen (secondary N) is 1. The number of nitrogens with zero attached hydrogens (tertiary/aromatic N) is 2. The fourth-order valence-corrected chi connectivity index (χ4v) is 3.65. The SMILES string of the molecule is O=C(NC[C@]1(Cc2ccc(F)cc2)CCC[C@@H]1O)c1cnns1. The Balaban J connectivity index is 1.72. The van der Waals surface area contributed by atoms with Gasteiger partial charge in [-0.05, 0) is 48.5 Å². The smallest absolute Gasteiger partial charge is 0.264 e. The quantitative estimate of drug-likeness (QED) is 0.878. The van der Waals surface area contributed by atoms with Crippen LogP contribution in [0.15, 0.2) is 30.5 Å². The number of rotatable bonds is 5. The van der Waals surface area contributed by atoms with E-state index in [1.807, 2.05) is 0 Å². The molecule has 0 radical (unpaired) electrons. The number of carbonyl (C=O) groups excluding carboxylic acids is 1. The lowest BCUT2D eigenvalue weighted by atomic mass is 9.78. The second kappa shape index (κ2) is 6.72. The van der Waals surface area contributed by atoms with Gasteiger partial charge in [0.05, 0.1) is 12.3 Å². The predicted molar refractivity (Wildman–Crippen MR) is 84.6 cm³/mol. The first-order chi connectivity index (χ1) is 11.1. The highest BCUT2D eigenvalue weighted by atomic mass is 32.1. The summed E-state index contributed by atoms with van der Waals surface area (Å²) in [6, 6.07) is 6.31. The lowest BCUT2D eigenvalue weighted by Gasteiger charge is -2.33. The van der Waals surface area contributed by atoms with Crippen LogP contribution in [0.5, 0.6) is 0 Å². The molecule has 5 nitrogen and oxygen atoms in total. The molecule has 1 saturated carbocycles. The number of aromatic nitrogens is 2. The largest absolute Gasteiger partial charge is 0.392 e. The van der Waals surface area contributed by atoms with E-state index >= 15 is 0 Å². The maximum Gasteiger partial charge on any atom is 0.264 e. The van der Waals surface area contributed by atoms with Crippen LogP contribution in [-0.2, 0) is 6.42 Å². The molecule has 1 aromatic carbocycles. The van der Waals surface area contributed by atoms with E-state index in [1.165, 1.54) is 18.3 Å². The second-order valence-corrected chi connectivity index (χ2v) is 6.82. The van der Waals surface area contributed by atoms with Crippen molar-refractivity contribution in [3.05, 3.63) is 46.7 Å². The van der Waals surface area contributed by atoms with Gasteiger partial charge in [0.25, 0.3) is 5.91 Å². The van der Waals surface area contributed by atoms with Crippen LogP contribution in [0.4, 0.5) is 4.39 Å². The third-order valence-electron chi connectivity index (χ3n) is 4.51. The van der Waals surface area contributed by atoms with Crippen molar-refractivity contribution in [3.63, 3.8) is 0 Å². The van der Waals surface area contributed by atoms with E-state index < -0.39 is 11.5 Å². The molecule has 7 heteroatoms. The Morgan fingerprint density at radius 2 is 2.22 bits per heavy atom.